The lowest BCUT2D eigenvalue weighted by molar-refractivity contribution is 0.102. The fourth-order valence-electron chi connectivity index (χ4n) is 1.30. The number of rotatable bonds is 3. The minimum Gasteiger partial charge on any atom is -0.284 e. The second-order valence-electron chi connectivity index (χ2n) is 3.16. The molecule has 0 saturated carbocycles. The molecule has 2 heterocycles. The summed E-state index contributed by atoms with van der Waals surface area (Å²) in [6.45, 7) is 2.07. The lowest BCUT2D eigenvalue weighted by atomic mass is 10.3. The van der Waals surface area contributed by atoms with Crippen molar-refractivity contribution in [1.82, 2.24) is 14.8 Å². The van der Waals surface area contributed by atoms with Crippen molar-refractivity contribution >= 4 is 17.1 Å². The quantitative estimate of drug-likeness (QED) is 0.741. The molecular weight excluding hydrogens is 210 g/mol. The van der Waals surface area contributed by atoms with Crippen LogP contribution in [0.25, 0.3) is 0 Å². The molecule has 0 radical (unpaired) electrons. The van der Waals surface area contributed by atoms with Crippen LogP contribution >= 0.6 is 11.3 Å². The second-order valence-corrected chi connectivity index (χ2v) is 4.32. The van der Waals surface area contributed by atoms with Gasteiger partial charge in [0.25, 0.3) is 0 Å². The molecule has 15 heavy (non-hydrogen) atoms. The smallest absolute Gasteiger partial charge is 0.239 e. The average molecular weight is 221 g/mol. The van der Waals surface area contributed by atoms with Crippen LogP contribution in [0.15, 0.2) is 18.5 Å². The number of hydrogen-bond acceptors (Lipinski definition) is 4. The van der Waals surface area contributed by atoms with E-state index in [1.807, 2.05) is 12.1 Å². The van der Waals surface area contributed by atoms with Gasteiger partial charge in [0.2, 0.25) is 5.78 Å². The molecule has 0 atom stereocenters. The van der Waals surface area contributed by atoms with Crippen LogP contribution in [0.2, 0.25) is 0 Å². The molecule has 2 aromatic rings. The standard InChI is InChI=1S/C10H11N3OS/c1-3-7-4-5-8(15-7)9(14)10-11-6-12-13(10)2/h4-6H,3H2,1-2H3. The Hall–Kier alpha value is -1.49. The number of aryl methyl sites for hydroxylation is 2. The first kappa shape index (κ1) is 10.0. The second kappa shape index (κ2) is 3.94. The molecule has 2 rings (SSSR count). The monoisotopic (exact) mass is 221 g/mol. The highest BCUT2D eigenvalue weighted by molar-refractivity contribution is 7.14. The van der Waals surface area contributed by atoms with E-state index >= 15 is 0 Å². The number of carbonyl (C=O) groups excluding carboxylic acids is 1. The van der Waals surface area contributed by atoms with Crippen LogP contribution in [-0.2, 0) is 13.5 Å². The number of nitrogens with zero attached hydrogens (tertiary/aromatic N) is 3. The normalized spacial score (nSPS) is 10.5. The van der Waals surface area contributed by atoms with Gasteiger partial charge in [-0.05, 0) is 18.6 Å². The van der Waals surface area contributed by atoms with E-state index in [0.717, 1.165) is 11.3 Å². The fourth-order valence-corrected chi connectivity index (χ4v) is 2.18. The van der Waals surface area contributed by atoms with Crippen LogP contribution in [0.4, 0.5) is 0 Å². The van der Waals surface area contributed by atoms with Crippen LogP contribution in [-0.4, -0.2) is 20.5 Å². The van der Waals surface area contributed by atoms with Crippen LogP contribution in [0.1, 0.15) is 27.3 Å². The minimum atomic E-state index is -0.0558. The maximum Gasteiger partial charge on any atom is 0.239 e. The van der Waals surface area contributed by atoms with Crippen molar-refractivity contribution < 1.29 is 4.79 Å². The Kier molecular flexibility index (Phi) is 2.64. The van der Waals surface area contributed by atoms with Gasteiger partial charge in [0.15, 0.2) is 5.82 Å². The van der Waals surface area contributed by atoms with Gasteiger partial charge in [-0.15, -0.1) is 11.3 Å². The van der Waals surface area contributed by atoms with Gasteiger partial charge in [-0.3, -0.25) is 4.79 Å². The summed E-state index contributed by atoms with van der Waals surface area (Å²) in [6, 6.07) is 3.83. The molecule has 0 aliphatic rings. The molecule has 78 valence electrons. The van der Waals surface area contributed by atoms with Gasteiger partial charge in [0.05, 0.1) is 4.88 Å². The molecule has 0 aromatic carbocycles. The number of hydrogen-bond donors (Lipinski definition) is 0. The van der Waals surface area contributed by atoms with E-state index in [-0.39, 0.29) is 5.78 Å². The van der Waals surface area contributed by atoms with Crippen molar-refractivity contribution in [1.29, 1.82) is 0 Å². The summed E-state index contributed by atoms with van der Waals surface area (Å²) in [6.07, 6.45) is 2.35. The van der Waals surface area contributed by atoms with Gasteiger partial charge in [0.1, 0.15) is 6.33 Å². The van der Waals surface area contributed by atoms with Crippen molar-refractivity contribution in [3.05, 3.63) is 34.0 Å². The van der Waals surface area contributed by atoms with Gasteiger partial charge < -0.3 is 0 Å². The van der Waals surface area contributed by atoms with E-state index < -0.39 is 0 Å². The Morgan fingerprint density at radius 2 is 2.33 bits per heavy atom. The number of carbonyl (C=O) groups is 1. The molecule has 0 bridgehead atoms. The minimum absolute atomic E-state index is 0.0558. The Balaban J connectivity index is 2.32. The molecule has 2 aromatic heterocycles. The van der Waals surface area contributed by atoms with Crippen LogP contribution in [0, 0.1) is 0 Å². The summed E-state index contributed by atoms with van der Waals surface area (Å²) in [5, 5.41) is 3.88. The lowest BCUT2D eigenvalue weighted by Gasteiger charge is -1.95. The molecule has 0 spiro atoms. The third-order valence-electron chi connectivity index (χ3n) is 2.15. The van der Waals surface area contributed by atoms with E-state index in [2.05, 4.69) is 17.0 Å². The SMILES string of the molecule is CCc1ccc(C(=O)c2ncnn2C)s1. The number of thiophene rings is 1. The van der Waals surface area contributed by atoms with Gasteiger partial charge in [-0.1, -0.05) is 6.92 Å². The van der Waals surface area contributed by atoms with Gasteiger partial charge >= 0.3 is 0 Å². The highest BCUT2D eigenvalue weighted by Crippen LogP contribution is 2.19. The summed E-state index contributed by atoms with van der Waals surface area (Å²) in [5.74, 6) is 0.333. The summed E-state index contributed by atoms with van der Waals surface area (Å²) in [7, 11) is 1.72. The van der Waals surface area contributed by atoms with Crippen LogP contribution in [0.3, 0.4) is 0 Å². The lowest BCUT2D eigenvalue weighted by Crippen LogP contribution is -2.08. The summed E-state index contributed by atoms with van der Waals surface area (Å²) in [4.78, 5) is 17.8. The highest BCUT2D eigenvalue weighted by Gasteiger charge is 2.16. The summed E-state index contributed by atoms with van der Waals surface area (Å²) < 4.78 is 1.49. The third-order valence-corrected chi connectivity index (χ3v) is 3.38. The molecule has 0 N–H and O–H groups in total. The predicted octanol–water partition coefficient (Wildman–Crippen LogP) is 1.67. The Bertz CT molecular complexity index is 486. The molecule has 0 fully saturated rings. The zero-order valence-electron chi connectivity index (χ0n) is 8.60. The largest absolute Gasteiger partial charge is 0.284 e. The zero-order valence-corrected chi connectivity index (χ0v) is 9.41. The molecule has 0 amide bonds. The van der Waals surface area contributed by atoms with Crippen LogP contribution in [0.5, 0.6) is 0 Å². The molecular formula is C10H11N3OS. The van der Waals surface area contributed by atoms with Gasteiger partial charge in [-0.2, -0.15) is 5.10 Å². The average Bonchev–Trinajstić information content (AvgIpc) is 2.84. The van der Waals surface area contributed by atoms with Crippen molar-refractivity contribution in [3.8, 4) is 0 Å². The Morgan fingerprint density at radius 1 is 1.53 bits per heavy atom. The molecule has 0 saturated heterocycles. The van der Waals surface area contributed by atoms with Gasteiger partial charge in [0, 0.05) is 11.9 Å². The highest BCUT2D eigenvalue weighted by atomic mass is 32.1. The van der Waals surface area contributed by atoms with E-state index in [1.54, 1.807) is 7.05 Å². The Labute approximate surface area is 91.6 Å². The summed E-state index contributed by atoms with van der Waals surface area (Å²) >= 11 is 1.52. The fraction of sp³-hybridized carbons (Fsp3) is 0.300. The van der Waals surface area contributed by atoms with Crippen molar-refractivity contribution in [2.45, 2.75) is 13.3 Å². The van der Waals surface area contributed by atoms with Crippen molar-refractivity contribution in [3.63, 3.8) is 0 Å². The van der Waals surface area contributed by atoms with Crippen LogP contribution < -0.4 is 0 Å². The van der Waals surface area contributed by atoms with Crippen molar-refractivity contribution in [2.75, 3.05) is 0 Å². The summed E-state index contributed by atoms with van der Waals surface area (Å²) in [5.41, 5.74) is 0. The molecule has 5 heteroatoms. The number of aromatic nitrogens is 3. The number of ketones is 1. The first-order chi connectivity index (χ1) is 7.22. The van der Waals surface area contributed by atoms with E-state index in [0.29, 0.717) is 5.82 Å². The topological polar surface area (TPSA) is 47.8 Å². The van der Waals surface area contributed by atoms with Crippen molar-refractivity contribution in [2.24, 2.45) is 7.05 Å². The first-order valence-electron chi connectivity index (χ1n) is 4.69. The van der Waals surface area contributed by atoms with E-state index in [9.17, 15) is 4.79 Å². The first-order valence-corrected chi connectivity index (χ1v) is 5.51. The Morgan fingerprint density at radius 3 is 2.87 bits per heavy atom. The maximum absolute atomic E-state index is 11.9. The van der Waals surface area contributed by atoms with Gasteiger partial charge in [-0.25, -0.2) is 9.67 Å². The molecule has 0 unspecified atom stereocenters. The maximum atomic E-state index is 11.9. The van der Waals surface area contributed by atoms with E-state index in [1.165, 1.54) is 27.2 Å². The molecule has 0 aliphatic carbocycles. The predicted molar refractivity (Wildman–Crippen MR) is 58.1 cm³/mol. The molecule has 4 nitrogen and oxygen atoms in total. The van der Waals surface area contributed by atoms with E-state index in [4.69, 9.17) is 0 Å². The zero-order chi connectivity index (χ0) is 10.8. The third kappa shape index (κ3) is 1.83. The molecule has 0 aliphatic heterocycles.